The van der Waals surface area contributed by atoms with Crippen LogP contribution < -0.4 is 0 Å². The van der Waals surface area contributed by atoms with E-state index in [0.29, 0.717) is 5.56 Å². The first-order valence-electron chi connectivity index (χ1n) is 3.78. The van der Waals surface area contributed by atoms with Crippen LogP contribution in [0, 0.1) is 6.92 Å². The van der Waals surface area contributed by atoms with Crippen molar-refractivity contribution in [1.29, 1.82) is 0 Å². The van der Waals surface area contributed by atoms with Gasteiger partial charge in [-0.05, 0) is 18.6 Å². The Morgan fingerprint density at radius 3 is 2.36 bits per heavy atom. The number of para-hydroxylation sites is 1. The molecule has 5 heteroatoms. The summed E-state index contributed by atoms with van der Waals surface area (Å²) >= 11 is 4.99. The van der Waals surface area contributed by atoms with Crippen LogP contribution in [-0.4, -0.2) is 11.3 Å². The van der Waals surface area contributed by atoms with Gasteiger partial charge in [0.25, 0.3) is 0 Å². The SMILES string of the molecule is Cc1ccccc1/N=C(/Cl)C(F)(F)F. The minimum atomic E-state index is -4.58. The molecule has 0 saturated carbocycles. The highest BCUT2D eigenvalue weighted by molar-refractivity contribution is 6.67. The Kier molecular flexibility index (Phi) is 3.16. The quantitative estimate of drug-likeness (QED) is 0.639. The van der Waals surface area contributed by atoms with E-state index in [-0.39, 0.29) is 5.69 Å². The smallest absolute Gasteiger partial charge is 0.232 e. The predicted octanol–water partition coefficient (Wildman–Crippen LogP) is 3.83. The molecule has 0 aliphatic rings. The van der Waals surface area contributed by atoms with Gasteiger partial charge in [-0.3, -0.25) is 0 Å². The summed E-state index contributed by atoms with van der Waals surface area (Å²) < 4.78 is 36.0. The Morgan fingerprint density at radius 1 is 1.29 bits per heavy atom. The minimum absolute atomic E-state index is 0.231. The number of hydrogen-bond acceptors (Lipinski definition) is 1. The van der Waals surface area contributed by atoms with Crippen LogP contribution >= 0.6 is 11.6 Å². The molecule has 0 aromatic heterocycles. The van der Waals surface area contributed by atoms with Crippen molar-refractivity contribution in [3.05, 3.63) is 29.8 Å². The summed E-state index contributed by atoms with van der Waals surface area (Å²) in [5.74, 6) is 0. The van der Waals surface area contributed by atoms with Crippen LogP contribution in [0.3, 0.4) is 0 Å². The van der Waals surface area contributed by atoms with Crippen molar-refractivity contribution in [3.63, 3.8) is 0 Å². The van der Waals surface area contributed by atoms with Crippen LogP contribution in [0.1, 0.15) is 5.56 Å². The topological polar surface area (TPSA) is 12.4 Å². The number of alkyl halides is 3. The van der Waals surface area contributed by atoms with Crippen LogP contribution in [0.4, 0.5) is 18.9 Å². The third-order valence-electron chi connectivity index (χ3n) is 1.57. The van der Waals surface area contributed by atoms with Gasteiger partial charge in [-0.2, -0.15) is 13.2 Å². The summed E-state index contributed by atoms with van der Waals surface area (Å²) in [6, 6.07) is 6.46. The van der Waals surface area contributed by atoms with Crippen LogP contribution in [-0.2, 0) is 0 Å². The number of aliphatic imine (C=N–C) groups is 1. The van der Waals surface area contributed by atoms with E-state index in [4.69, 9.17) is 11.6 Å². The van der Waals surface area contributed by atoms with Gasteiger partial charge >= 0.3 is 6.18 Å². The zero-order valence-corrected chi connectivity index (χ0v) is 8.02. The lowest BCUT2D eigenvalue weighted by atomic mass is 10.2. The van der Waals surface area contributed by atoms with Crippen molar-refractivity contribution in [2.45, 2.75) is 13.1 Å². The van der Waals surface area contributed by atoms with E-state index in [9.17, 15) is 13.2 Å². The maximum absolute atomic E-state index is 12.0. The Bertz CT molecular complexity index is 357. The maximum Gasteiger partial charge on any atom is 0.444 e. The minimum Gasteiger partial charge on any atom is -0.232 e. The summed E-state index contributed by atoms with van der Waals surface area (Å²) in [7, 11) is 0. The van der Waals surface area contributed by atoms with Gasteiger partial charge in [0.05, 0.1) is 5.69 Å². The molecule has 0 aliphatic carbocycles. The van der Waals surface area contributed by atoms with E-state index in [1.165, 1.54) is 6.07 Å². The van der Waals surface area contributed by atoms with E-state index >= 15 is 0 Å². The molecule has 1 aromatic rings. The van der Waals surface area contributed by atoms with Crippen molar-refractivity contribution in [2.24, 2.45) is 4.99 Å². The average Bonchev–Trinajstić information content (AvgIpc) is 2.07. The first-order chi connectivity index (χ1) is 6.41. The number of aryl methyl sites for hydroxylation is 1. The second-order valence-electron chi connectivity index (χ2n) is 2.69. The average molecular weight is 222 g/mol. The zero-order valence-electron chi connectivity index (χ0n) is 7.27. The molecule has 14 heavy (non-hydrogen) atoms. The van der Waals surface area contributed by atoms with Crippen molar-refractivity contribution in [2.75, 3.05) is 0 Å². The van der Waals surface area contributed by atoms with E-state index in [1.807, 2.05) is 0 Å². The summed E-state index contributed by atoms with van der Waals surface area (Å²) in [6.07, 6.45) is -4.58. The number of nitrogens with zero attached hydrogens (tertiary/aromatic N) is 1. The molecule has 0 N–H and O–H groups in total. The summed E-state index contributed by atoms with van der Waals surface area (Å²) in [5.41, 5.74) is 0.879. The molecule has 76 valence electrons. The van der Waals surface area contributed by atoms with Gasteiger partial charge in [0.2, 0.25) is 5.17 Å². The van der Waals surface area contributed by atoms with Crippen LogP contribution in [0.15, 0.2) is 29.3 Å². The summed E-state index contributed by atoms with van der Waals surface area (Å²) in [6.45, 7) is 1.67. The largest absolute Gasteiger partial charge is 0.444 e. The lowest BCUT2D eigenvalue weighted by Crippen LogP contribution is -2.16. The molecule has 0 atom stereocenters. The molecule has 0 amide bonds. The fourth-order valence-corrected chi connectivity index (χ4v) is 0.949. The molecular formula is C9H7ClF3N. The Balaban J connectivity index is 3.04. The molecule has 0 spiro atoms. The second-order valence-corrected chi connectivity index (χ2v) is 3.04. The van der Waals surface area contributed by atoms with Crippen molar-refractivity contribution in [1.82, 2.24) is 0 Å². The first kappa shape index (κ1) is 11.0. The highest BCUT2D eigenvalue weighted by Gasteiger charge is 2.34. The predicted molar refractivity (Wildman–Crippen MR) is 50.2 cm³/mol. The second kappa shape index (κ2) is 4.00. The standard InChI is InChI=1S/C9H7ClF3N/c1-6-4-2-3-5-7(6)14-8(10)9(11,12)13/h2-5H,1H3/b14-8+. The molecule has 0 fully saturated rings. The number of rotatable bonds is 1. The van der Waals surface area contributed by atoms with E-state index in [2.05, 4.69) is 4.99 Å². The number of benzene rings is 1. The van der Waals surface area contributed by atoms with Gasteiger partial charge < -0.3 is 0 Å². The highest BCUT2D eigenvalue weighted by Crippen LogP contribution is 2.25. The van der Waals surface area contributed by atoms with Gasteiger partial charge in [-0.1, -0.05) is 29.8 Å². The molecule has 1 nitrogen and oxygen atoms in total. The van der Waals surface area contributed by atoms with Gasteiger partial charge in [-0.25, -0.2) is 4.99 Å². The molecule has 1 rings (SSSR count). The van der Waals surface area contributed by atoms with Gasteiger partial charge in [0, 0.05) is 0 Å². The lowest BCUT2D eigenvalue weighted by Gasteiger charge is -2.04. The Hall–Kier alpha value is -1.03. The third-order valence-corrected chi connectivity index (χ3v) is 1.87. The van der Waals surface area contributed by atoms with E-state index in [0.717, 1.165) is 0 Å². The first-order valence-corrected chi connectivity index (χ1v) is 4.16. The maximum atomic E-state index is 12.0. The number of halogens is 4. The van der Waals surface area contributed by atoms with Crippen LogP contribution in [0.25, 0.3) is 0 Å². The molecule has 1 aromatic carbocycles. The summed E-state index contributed by atoms with van der Waals surface area (Å²) in [4.78, 5) is 3.29. The fraction of sp³-hybridized carbons (Fsp3) is 0.222. The van der Waals surface area contributed by atoms with Gasteiger partial charge in [0.1, 0.15) is 0 Å². The number of hydrogen-bond donors (Lipinski definition) is 0. The van der Waals surface area contributed by atoms with Crippen LogP contribution in [0.5, 0.6) is 0 Å². The fourth-order valence-electron chi connectivity index (χ4n) is 0.858. The molecule has 0 radical (unpaired) electrons. The molecule has 0 aliphatic heterocycles. The molecule has 0 heterocycles. The van der Waals surface area contributed by atoms with Gasteiger partial charge in [0.15, 0.2) is 0 Å². The van der Waals surface area contributed by atoms with Crippen molar-refractivity contribution < 1.29 is 13.2 Å². The van der Waals surface area contributed by atoms with Crippen molar-refractivity contribution >= 4 is 22.5 Å². The van der Waals surface area contributed by atoms with Crippen molar-refractivity contribution in [3.8, 4) is 0 Å². The highest BCUT2D eigenvalue weighted by atomic mass is 35.5. The zero-order chi connectivity index (χ0) is 10.8. The molecule has 0 saturated heterocycles. The normalized spacial score (nSPS) is 13.1. The molecule has 0 bridgehead atoms. The summed E-state index contributed by atoms with van der Waals surface area (Å²) in [5, 5.41) is -1.35. The Morgan fingerprint density at radius 2 is 1.86 bits per heavy atom. The Labute approximate surface area is 84.2 Å². The van der Waals surface area contributed by atoms with E-state index in [1.54, 1.807) is 25.1 Å². The third kappa shape index (κ3) is 2.73. The lowest BCUT2D eigenvalue weighted by molar-refractivity contribution is -0.0558. The van der Waals surface area contributed by atoms with Gasteiger partial charge in [-0.15, -0.1) is 0 Å². The van der Waals surface area contributed by atoms with Crippen LogP contribution in [0.2, 0.25) is 0 Å². The van der Waals surface area contributed by atoms with E-state index < -0.39 is 11.3 Å². The molecular weight excluding hydrogens is 215 g/mol. The molecule has 0 unspecified atom stereocenters. The monoisotopic (exact) mass is 221 g/mol.